The van der Waals surface area contributed by atoms with E-state index in [2.05, 4.69) is 6.07 Å². The zero-order valence-electron chi connectivity index (χ0n) is 11.9. The number of likely N-dealkylation sites (tertiary alicyclic amines) is 1. The van der Waals surface area contributed by atoms with Gasteiger partial charge in [-0.05, 0) is 19.3 Å². The maximum Gasteiger partial charge on any atom is 0.406 e. The Balaban J connectivity index is 1.91. The summed E-state index contributed by atoms with van der Waals surface area (Å²) >= 11 is 0. The normalized spacial score (nSPS) is 29.3. The van der Waals surface area contributed by atoms with Crippen molar-refractivity contribution in [3.63, 3.8) is 0 Å². The second-order valence-electron chi connectivity index (χ2n) is 5.79. The van der Waals surface area contributed by atoms with Gasteiger partial charge in [-0.2, -0.15) is 18.4 Å². The van der Waals surface area contributed by atoms with Gasteiger partial charge in [0.05, 0.1) is 17.9 Å². The Labute approximate surface area is 126 Å². The molecule has 0 aromatic rings. The molecule has 8 heteroatoms. The first-order valence-electron chi connectivity index (χ1n) is 7.25. The molecule has 22 heavy (non-hydrogen) atoms. The first-order valence-corrected chi connectivity index (χ1v) is 7.25. The summed E-state index contributed by atoms with van der Waals surface area (Å²) in [6.07, 6.45) is -2.29. The number of alkyl halides is 3. The van der Waals surface area contributed by atoms with Crippen LogP contribution < -0.4 is 0 Å². The Morgan fingerprint density at radius 3 is 2.68 bits per heavy atom. The van der Waals surface area contributed by atoms with Crippen LogP contribution in [0.5, 0.6) is 0 Å². The summed E-state index contributed by atoms with van der Waals surface area (Å²) in [5.74, 6) is -2.62. The van der Waals surface area contributed by atoms with Gasteiger partial charge in [-0.15, -0.1) is 0 Å². The van der Waals surface area contributed by atoms with Crippen LogP contribution in [-0.2, 0) is 14.3 Å². The van der Waals surface area contributed by atoms with Crippen LogP contribution in [0.15, 0.2) is 0 Å². The first-order chi connectivity index (χ1) is 10.3. The van der Waals surface area contributed by atoms with Gasteiger partial charge in [0.2, 0.25) is 5.91 Å². The number of hydrogen-bond acceptors (Lipinski definition) is 4. The van der Waals surface area contributed by atoms with Gasteiger partial charge in [-0.1, -0.05) is 6.42 Å². The number of ether oxygens (including phenoxy) is 1. The molecular formula is C14H17F3N2O3. The number of carbonyl (C=O) groups is 2. The maximum absolute atomic E-state index is 12.3. The van der Waals surface area contributed by atoms with Crippen LogP contribution in [-0.4, -0.2) is 42.1 Å². The van der Waals surface area contributed by atoms with Gasteiger partial charge in [-0.3, -0.25) is 9.59 Å². The van der Waals surface area contributed by atoms with Crippen LogP contribution in [0, 0.1) is 23.2 Å². The van der Waals surface area contributed by atoms with E-state index >= 15 is 0 Å². The average molecular weight is 318 g/mol. The lowest BCUT2D eigenvalue weighted by atomic mass is 9.87. The van der Waals surface area contributed by atoms with Crippen molar-refractivity contribution in [1.82, 2.24) is 4.90 Å². The van der Waals surface area contributed by atoms with E-state index in [0.717, 1.165) is 12.8 Å². The number of halogens is 3. The molecule has 1 saturated heterocycles. The van der Waals surface area contributed by atoms with Crippen LogP contribution in [0.3, 0.4) is 0 Å². The number of carbonyl (C=O) groups excluding carboxylic acids is 2. The minimum atomic E-state index is -4.48. The maximum atomic E-state index is 12.3. The molecule has 5 nitrogen and oxygen atoms in total. The number of hydrogen-bond donors (Lipinski definition) is 0. The third-order valence-electron chi connectivity index (χ3n) is 4.05. The second-order valence-corrected chi connectivity index (χ2v) is 5.79. The zero-order valence-corrected chi connectivity index (χ0v) is 11.9. The highest BCUT2D eigenvalue weighted by atomic mass is 19.4. The van der Waals surface area contributed by atoms with Gasteiger partial charge in [0.25, 0.3) is 0 Å². The van der Waals surface area contributed by atoms with Gasteiger partial charge in [0, 0.05) is 13.0 Å². The number of amides is 1. The van der Waals surface area contributed by atoms with Crippen molar-refractivity contribution in [1.29, 1.82) is 5.26 Å². The molecule has 1 aliphatic heterocycles. The van der Waals surface area contributed by atoms with E-state index in [-0.39, 0.29) is 18.9 Å². The van der Waals surface area contributed by atoms with E-state index in [9.17, 15) is 22.8 Å². The van der Waals surface area contributed by atoms with E-state index < -0.39 is 36.6 Å². The minimum absolute atomic E-state index is 0.265. The predicted octanol–water partition coefficient (Wildman–Crippen LogP) is 2.02. The molecule has 1 aliphatic carbocycles. The van der Waals surface area contributed by atoms with Crippen molar-refractivity contribution in [3.8, 4) is 6.07 Å². The number of rotatable bonds is 3. The summed E-state index contributed by atoms with van der Waals surface area (Å²) in [6, 6.07) is 2.10. The number of nitrogens with zero attached hydrogens (tertiary/aromatic N) is 2. The van der Waals surface area contributed by atoms with Crippen molar-refractivity contribution in [3.05, 3.63) is 0 Å². The first kappa shape index (κ1) is 16.6. The van der Waals surface area contributed by atoms with E-state index in [1.807, 2.05) is 0 Å². The molecule has 0 aromatic carbocycles. The lowest BCUT2D eigenvalue weighted by molar-refractivity contribution is -0.160. The third kappa shape index (κ3) is 4.12. The molecule has 1 saturated carbocycles. The summed E-state index contributed by atoms with van der Waals surface area (Å²) in [5, 5.41) is 9.02. The molecule has 0 spiro atoms. The van der Waals surface area contributed by atoms with Crippen LogP contribution >= 0.6 is 0 Å². The zero-order chi connectivity index (χ0) is 16.3. The summed E-state index contributed by atoms with van der Waals surface area (Å²) in [6.45, 7) is -1.62. The van der Waals surface area contributed by atoms with Crippen molar-refractivity contribution in [2.24, 2.45) is 11.8 Å². The Kier molecular flexibility index (Phi) is 4.94. The summed E-state index contributed by atoms with van der Waals surface area (Å²) in [7, 11) is 0. The lowest BCUT2D eigenvalue weighted by Gasteiger charge is -2.27. The Bertz CT molecular complexity index is 487. The molecule has 2 aliphatic rings. The molecule has 0 aromatic heterocycles. The molecule has 1 heterocycles. The Morgan fingerprint density at radius 1 is 1.36 bits per heavy atom. The molecule has 1 amide bonds. The fraction of sp³-hybridized carbons (Fsp3) is 0.786. The fourth-order valence-electron chi connectivity index (χ4n) is 2.93. The number of nitriles is 1. The van der Waals surface area contributed by atoms with E-state index in [1.54, 1.807) is 0 Å². The largest absolute Gasteiger partial charge is 0.461 e. The SMILES string of the molecule is N#C[C@@H]1CCCC[C@H]1OC(=O)[C@H]1CC(=O)N(CC(F)(F)F)C1. The van der Waals surface area contributed by atoms with E-state index in [0.29, 0.717) is 17.7 Å². The van der Waals surface area contributed by atoms with Crippen LogP contribution in [0.2, 0.25) is 0 Å². The van der Waals surface area contributed by atoms with Gasteiger partial charge in [-0.25, -0.2) is 0 Å². The average Bonchev–Trinajstić information content (AvgIpc) is 2.79. The summed E-state index contributed by atoms with van der Waals surface area (Å²) in [4.78, 5) is 24.2. The fourth-order valence-corrected chi connectivity index (χ4v) is 2.93. The smallest absolute Gasteiger partial charge is 0.406 e. The minimum Gasteiger partial charge on any atom is -0.461 e. The molecule has 3 atom stereocenters. The molecule has 2 rings (SSSR count). The van der Waals surface area contributed by atoms with Gasteiger partial charge < -0.3 is 9.64 Å². The topological polar surface area (TPSA) is 70.4 Å². The highest BCUT2D eigenvalue weighted by Crippen LogP contribution is 2.29. The van der Waals surface area contributed by atoms with Crippen LogP contribution in [0.4, 0.5) is 13.2 Å². The van der Waals surface area contributed by atoms with Gasteiger partial charge >= 0.3 is 12.1 Å². The van der Waals surface area contributed by atoms with Crippen molar-refractivity contribution < 1.29 is 27.5 Å². The van der Waals surface area contributed by atoms with Crippen LogP contribution in [0.25, 0.3) is 0 Å². The molecule has 0 radical (unpaired) electrons. The van der Waals surface area contributed by atoms with Crippen molar-refractivity contribution >= 4 is 11.9 Å². The number of esters is 1. The van der Waals surface area contributed by atoms with Gasteiger partial charge in [0.15, 0.2) is 0 Å². The molecule has 122 valence electrons. The standard InChI is InChI=1S/C14H17F3N2O3/c15-14(16,17)8-19-7-10(5-12(19)20)13(21)22-11-4-2-1-3-9(11)6-18/h9-11H,1-5,7-8H2/t9-,10-,11+/m0/s1. The van der Waals surface area contributed by atoms with E-state index in [1.165, 1.54) is 0 Å². The second kappa shape index (κ2) is 6.55. The molecule has 2 fully saturated rings. The third-order valence-corrected chi connectivity index (χ3v) is 4.05. The highest BCUT2D eigenvalue weighted by Gasteiger charge is 2.42. The van der Waals surface area contributed by atoms with Crippen molar-refractivity contribution in [2.45, 2.75) is 44.4 Å². The molecule has 0 bridgehead atoms. The lowest BCUT2D eigenvalue weighted by Crippen LogP contribution is -2.36. The molecular weight excluding hydrogens is 301 g/mol. The quantitative estimate of drug-likeness (QED) is 0.747. The Hall–Kier alpha value is -1.78. The van der Waals surface area contributed by atoms with Crippen molar-refractivity contribution in [2.75, 3.05) is 13.1 Å². The van der Waals surface area contributed by atoms with Gasteiger partial charge in [0.1, 0.15) is 12.6 Å². The van der Waals surface area contributed by atoms with E-state index in [4.69, 9.17) is 10.00 Å². The molecule has 0 unspecified atom stereocenters. The molecule has 0 N–H and O–H groups in total. The van der Waals surface area contributed by atoms with Crippen LogP contribution in [0.1, 0.15) is 32.1 Å². The summed E-state index contributed by atoms with van der Waals surface area (Å²) in [5.41, 5.74) is 0. The highest BCUT2D eigenvalue weighted by molar-refractivity contribution is 5.86. The summed E-state index contributed by atoms with van der Waals surface area (Å²) < 4.78 is 42.3. The predicted molar refractivity (Wildman–Crippen MR) is 68.2 cm³/mol. The monoisotopic (exact) mass is 318 g/mol. The Morgan fingerprint density at radius 2 is 2.05 bits per heavy atom.